The lowest BCUT2D eigenvalue weighted by Crippen LogP contribution is -1.96. The molecule has 0 aliphatic heterocycles. The fourth-order valence-corrected chi connectivity index (χ4v) is 2.97. The van der Waals surface area contributed by atoms with E-state index in [1.807, 2.05) is 11.4 Å². The van der Waals surface area contributed by atoms with Gasteiger partial charge in [0.1, 0.15) is 12.4 Å². The van der Waals surface area contributed by atoms with Gasteiger partial charge in [-0.05, 0) is 6.07 Å². The third kappa shape index (κ3) is 3.27. The van der Waals surface area contributed by atoms with Crippen LogP contribution < -0.4 is 10.5 Å². The van der Waals surface area contributed by atoms with Crippen molar-refractivity contribution >= 4 is 57.8 Å². The van der Waals surface area contributed by atoms with Crippen molar-refractivity contribution in [1.82, 2.24) is 9.97 Å². The fourth-order valence-electron chi connectivity index (χ4n) is 1.93. The first-order valence-electron chi connectivity index (χ1n) is 5.88. The number of benzene rings is 1. The molecule has 1 aromatic carbocycles. The molecule has 0 aliphatic rings. The molecule has 2 heterocycles. The molecule has 0 unspecified atom stereocenters. The molecule has 2 aromatic heterocycles. The van der Waals surface area contributed by atoms with Gasteiger partial charge in [-0.3, -0.25) is 0 Å². The quantitative estimate of drug-likeness (QED) is 0.721. The number of fused-ring (bicyclic) bond motifs is 1. The van der Waals surface area contributed by atoms with Crippen LogP contribution in [0.15, 0.2) is 23.0 Å². The zero-order valence-corrected chi connectivity index (χ0v) is 13.9. The SMILES string of the molecule is Cl.NCc1[nH]c2cc(OCc3cscn3)c(Cl)cc2c1Cl. The second-order valence-corrected chi connectivity index (χ2v) is 5.72. The van der Waals surface area contributed by atoms with Gasteiger partial charge in [-0.1, -0.05) is 23.2 Å². The smallest absolute Gasteiger partial charge is 0.140 e. The molecule has 8 heteroatoms. The molecule has 0 amide bonds. The first kappa shape index (κ1) is 16.4. The van der Waals surface area contributed by atoms with E-state index >= 15 is 0 Å². The van der Waals surface area contributed by atoms with E-state index in [0.29, 0.717) is 28.9 Å². The van der Waals surface area contributed by atoms with Gasteiger partial charge in [0.25, 0.3) is 0 Å². The number of ether oxygens (including phenoxy) is 1. The van der Waals surface area contributed by atoms with Gasteiger partial charge >= 0.3 is 0 Å². The second-order valence-electron chi connectivity index (χ2n) is 4.22. The van der Waals surface area contributed by atoms with Gasteiger partial charge in [0, 0.05) is 29.1 Å². The minimum absolute atomic E-state index is 0. The molecule has 4 nitrogen and oxygen atoms in total. The monoisotopic (exact) mass is 363 g/mol. The molecule has 0 aliphatic carbocycles. The summed E-state index contributed by atoms with van der Waals surface area (Å²) in [7, 11) is 0. The summed E-state index contributed by atoms with van der Waals surface area (Å²) in [6.07, 6.45) is 0. The number of nitrogens with two attached hydrogens (primary N) is 1. The summed E-state index contributed by atoms with van der Waals surface area (Å²) in [6.45, 7) is 0.729. The minimum Gasteiger partial charge on any atom is -0.486 e. The minimum atomic E-state index is 0. The lowest BCUT2D eigenvalue weighted by atomic mass is 10.2. The van der Waals surface area contributed by atoms with Gasteiger partial charge in [0.05, 0.1) is 26.8 Å². The van der Waals surface area contributed by atoms with Crippen molar-refractivity contribution < 1.29 is 4.74 Å². The molecular weight excluding hydrogens is 353 g/mol. The highest BCUT2D eigenvalue weighted by Gasteiger charge is 2.12. The van der Waals surface area contributed by atoms with E-state index in [1.165, 1.54) is 11.3 Å². The van der Waals surface area contributed by atoms with Crippen LogP contribution in [0.3, 0.4) is 0 Å². The third-order valence-corrected chi connectivity index (χ3v) is 4.28. The van der Waals surface area contributed by atoms with Crippen molar-refractivity contribution in [2.24, 2.45) is 5.73 Å². The van der Waals surface area contributed by atoms with Crippen molar-refractivity contribution in [3.8, 4) is 5.75 Å². The normalized spacial score (nSPS) is 10.6. The van der Waals surface area contributed by atoms with Crippen LogP contribution in [-0.2, 0) is 13.2 Å². The van der Waals surface area contributed by atoms with Crippen LogP contribution in [0.2, 0.25) is 10.0 Å². The number of halogens is 3. The van der Waals surface area contributed by atoms with Crippen LogP contribution in [0.5, 0.6) is 5.75 Å². The summed E-state index contributed by atoms with van der Waals surface area (Å²) >= 11 is 14.0. The lowest BCUT2D eigenvalue weighted by Gasteiger charge is -2.06. The molecule has 0 saturated heterocycles. The highest BCUT2D eigenvalue weighted by Crippen LogP contribution is 2.35. The number of nitrogens with zero attached hydrogens (tertiary/aromatic N) is 1. The maximum absolute atomic E-state index is 6.22. The Morgan fingerprint density at radius 3 is 2.81 bits per heavy atom. The van der Waals surface area contributed by atoms with Gasteiger partial charge in [0.15, 0.2) is 0 Å². The zero-order valence-electron chi connectivity index (χ0n) is 10.7. The number of H-pyrrole nitrogens is 1. The van der Waals surface area contributed by atoms with Crippen molar-refractivity contribution in [3.63, 3.8) is 0 Å². The van der Waals surface area contributed by atoms with Crippen LogP contribution in [0.1, 0.15) is 11.4 Å². The van der Waals surface area contributed by atoms with Crippen molar-refractivity contribution in [1.29, 1.82) is 0 Å². The van der Waals surface area contributed by atoms with Gasteiger partial charge in [-0.15, -0.1) is 23.7 Å². The van der Waals surface area contributed by atoms with E-state index in [0.717, 1.165) is 22.3 Å². The average Bonchev–Trinajstić information content (AvgIpc) is 3.05. The molecule has 0 bridgehead atoms. The van der Waals surface area contributed by atoms with Crippen LogP contribution in [0.4, 0.5) is 0 Å². The molecule has 0 fully saturated rings. The van der Waals surface area contributed by atoms with Gasteiger partial charge in [0.2, 0.25) is 0 Å². The van der Waals surface area contributed by atoms with Crippen LogP contribution >= 0.6 is 46.9 Å². The Balaban J connectivity index is 0.00000161. The van der Waals surface area contributed by atoms with Gasteiger partial charge in [-0.25, -0.2) is 4.98 Å². The number of rotatable bonds is 4. The Hall–Kier alpha value is -0.980. The third-order valence-electron chi connectivity index (χ3n) is 2.92. The summed E-state index contributed by atoms with van der Waals surface area (Å²) in [5.41, 5.74) is 9.91. The van der Waals surface area contributed by atoms with E-state index in [2.05, 4.69) is 9.97 Å². The van der Waals surface area contributed by atoms with Crippen molar-refractivity contribution in [2.45, 2.75) is 13.2 Å². The van der Waals surface area contributed by atoms with E-state index in [1.54, 1.807) is 11.6 Å². The highest BCUT2D eigenvalue weighted by atomic mass is 35.5. The first-order valence-corrected chi connectivity index (χ1v) is 7.58. The maximum atomic E-state index is 6.22. The molecule has 3 aromatic rings. The summed E-state index contributed by atoms with van der Waals surface area (Å²) < 4.78 is 5.69. The molecule has 112 valence electrons. The maximum Gasteiger partial charge on any atom is 0.140 e. The summed E-state index contributed by atoms with van der Waals surface area (Å²) in [4.78, 5) is 7.32. The summed E-state index contributed by atoms with van der Waals surface area (Å²) in [5.74, 6) is 0.591. The molecule has 3 rings (SSSR count). The second kappa shape index (κ2) is 6.85. The fraction of sp³-hybridized carbons (Fsp3) is 0.154. The predicted molar refractivity (Wildman–Crippen MR) is 89.9 cm³/mol. The first-order chi connectivity index (χ1) is 9.69. The Morgan fingerprint density at radius 2 is 2.14 bits per heavy atom. The lowest BCUT2D eigenvalue weighted by molar-refractivity contribution is 0.302. The molecule has 0 spiro atoms. The number of nitrogens with one attached hydrogen (secondary N) is 1. The Bertz CT molecular complexity index is 743. The molecule has 0 radical (unpaired) electrons. The topological polar surface area (TPSA) is 63.9 Å². The van der Waals surface area contributed by atoms with E-state index in [9.17, 15) is 0 Å². The van der Waals surface area contributed by atoms with Crippen LogP contribution in [0.25, 0.3) is 10.9 Å². The van der Waals surface area contributed by atoms with Crippen molar-refractivity contribution in [3.05, 3.63) is 44.5 Å². The molecular formula is C13H12Cl3N3OS. The van der Waals surface area contributed by atoms with Gasteiger partial charge < -0.3 is 15.5 Å². The molecule has 21 heavy (non-hydrogen) atoms. The van der Waals surface area contributed by atoms with E-state index in [4.69, 9.17) is 33.7 Å². The van der Waals surface area contributed by atoms with Gasteiger partial charge in [-0.2, -0.15) is 0 Å². The Morgan fingerprint density at radius 1 is 1.33 bits per heavy atom. The largest absolute Gasteiger partial charge is 0.486 e. The molecule has 3 N–H and O–H groups in total. The molecule has 0 atom stereocenters. The predicted octanol–water partition coefficient (Wildman–Crippen LogP) is 4.39. The van der Waals surface area contributed by atoms with E-state index < -0.39 is 0 Å². The Kier molecular flexibility index (Phi) is 5.35. The van der Waals surface area contributed by atoms with Crippen molar-refractivity contribution in [2.75, 3.05) is 0 Å². The zero-order chi connectivity index (χ0) is 14.1. The van der Waals surface area contributed by atoms with Crippen LogP contribution in [0, 0.1) is 0 Å². The van der Waals surface area contributed by atoms with Crippen LogP contribution in [-0.4, -0.2) is 9.97 Å². The summed E-state index contributed by atoms with van der Waals surface area (Å²) in [6, 6.07) is 3.61. The Labute approximate surface area is 141 Å². The average molecular weight is 365 g/mol. The number of aromatic nitrogens is 2. The number of thiazole rings is 1. The number of hydrogen-bond donors (Lipinski definition) is 2. The molecule has 0 saturated carbocycles. The summed E-state index contributed by atoms with van der Waals surface area (Å²) in [5, 5.41) is 3.90. The number of hydrogen-bond acceptors (Lipinski definition) is 4. The van der Waals surface area contributed by atoms with E-state index in [-0.39, 0.29) is 12.4 Å². The number of aromatic amines is 1. The standard InChI is InChI=1S/C13H11Cl2N3OS.ClH/c14-9-1-8-10(18-11(3-16)13(8)15)2-12(9)19-4-7-5-20-6-17-7;/h1-2,5-6,18H,3-4,16H2;1H. The highest BCUT2D eigenvalue weighted by molar-refractivity contribution is 7.07.